The van der Waals surface area contributed by atoms with Crippen molar-refractivity contribution in [3.8, 4) is 38.8 Å². The van der Waals surface area contributed by atoms with Gasteiger partial charge in [0.15, 0.2) is 0 Å². The maximum Gasteiger partial charge on any atom is 0.389 e. The van der Waals surface area contributed by atoms with Crippen molar-refractivity contribution in [1.82, 2.24) is 25.6 Å². The third-order valence-corrected chi connectivity index (χ3v) is 6.56. The van der Waals surface area contributed by atoms with Crippen LogP contribution in [0.15, 0.2) is 41.2 Å². The van der Waals surface area contributed by atoms with E-state index in [0.717, 1.165) is 16.2 Å². The molecule has 4 aromatic rings. The average molecular weight is 510 g/mol. The first-order chi connectivity index (χ1) is 16.2. The number of ether oxygens (including phenoxy) is 1. The molecule has 178 valence electrons. The topological polar surface area (TPSA) is 96.5 Å². The van der Waals surface area contributed by atoms with Gasteiger partial charge >= 0.3 is 6.18 Å². The van der Waals surface area contributed by atoms with Crippen LogP contribution in [0.2, 0.25) is 5.02 Å². The van der Waals surface area contributed by atoms with E-state index in [1.165, 1.54) is 6.07 Å². The minimum atomic E-state index is -4.22. The van der Waals surface area contributed by atoms with E-state index >= 15 is 0 Å². The molecule has 2 N–H and O–H groups in total. The summed E-state index contributed by atoms with van der Waals surface area (Å²) in [5.41, 5.74) is 1.50. The standard InChI is InChI=1S/C22H19ClF3N5O2S/c1-2-13-5-7-18(34-13)15-11-17(27-21(32)19(15)20-28-30-31-29-20)14-6-4-12(10-16(14)23)33-9-3-8-22(24,25)26/h4-7,10-11H,2-3,8-9H2,1H3,(H,27,32)(H,28,29,30,31). The summed E-state index contributed by atoms with van der Waals surface area (Å²) in [7, 11) is 0. The van der Waals surface area contributed by atoms with Gasteiger partial charge in [0, 0.05) is 27.3 Å². The zero-order valence-corrected chi connectivity index (χ0v) is 19.4. The molecule has 0 atom stereocenters. The number of rotatable bonds is 8. The van der Waals surface area contributed by atoms with Crippen molar-refractivity contribution >= 4 is 22.9 Å². The van der Waals surface area contributed by atoms with Crippen molar-refractivity contribution in [2.75, 3.05) is 6.61 Å². The molecule has 3 heterocycles. The predicted molar refractivity (Wildman–Crippen MR) is 124 cm³/mol. The third-order valence-electron chi connectivity index (χ3n) is 4.98. The number of halogens is 4. The summed E-state index contributed by atoms with van der Waals surface area (Å²) in [4.78, 5) is 17.9. The molecule has 0 unspecified atom stereocenters. The molecule has 4 rings (SSSR count). The molecule has 0 amide bonds. The highest BCUT2D eigenvalue weighted by atomic mass is 35.5. The van der Waals surface area contributed by atoms with E-state index in [2.05, 4.69) is 25.6 Å². The highest BCUT2D eigenvalue weighted by molar-refractivity contribution is 7.15. The lowest BCUT2D eigenvalue weighted by molar-refractivity contribution is -0.136. The fourth-order valence-electron chi connectivity index (χ4n) is 3.37. The molecule has 0 saturated heterocycles. The number of tetrazole rings is 1. The fraction of sp³-hybridized carbons (Fsp3) is 0.273. The van der Waals surface area contributed by atoms with Crippen LogP contribution in [0.5, 0.6) is 5.75 Å². The van der Waals surface area contributed by atoms with Gasteiger partial charge < -0.3 is 9.72 Å². The Bertz CT molecular complexity index is 1340. The van der Waals surface area contributed by atoms with E-state index in [1.54, 1.807) is 29.5 Å². The number of H-pyrrole nitrogens is 2. The number of nitrogens with one attached hydrogen (secondary N) is 2. The smallest absolute Gasteiger partial charge is 0.389 e. The number of thiophene rings is 1. The number of aryl methyl sites for hydroxylation is 1. The summed E-state index contributed by atoms with van der Waals surface area (Å²) in [5, 5.41) is 14.1. The van der Waals surface area contributed by atoms with Gasteiger partial charge in [0.2, 0.25) is 5.82 Å². The van der Waals surface area contributed by atoms with Gasteiger partial charge in [-0.3, -0.25) is 4.79 Å². The van der Waals surface area contributed by atoms with Crippen LogP contribution in [0.25, 0.3) is 33.1 Å². The Morgan fingerprint density at radius 3 is 2.62 bits per heavy atom. The SMILES string of the molecule is CCc1ccc(-c2cc(-c3ccc(OCCCC(F)(F)F)cc3Cl)[nH]c(=O)c2-c2nn[nH]n2)s1. The number of hydrogen-bond acceptors (Lipinski definition) is 6. The van der Waals surface area contributed by atoms with Crippen molar-refractivity contribution < 1.29 is 17.9 Å². The lowest BCUT2D eigenvalue weighted by Gasteiger charge is -2.12. The van der Waals surface area contributed by atoms with E-state index in [1.807, 2.05) is 19.1 Å². The van der Waals surface area contributed by atoms with Gasteiger partial charge in [0.25, 0.3) is 5.56 Å². The fourth-order valence-corrected chi connectivity index (χ4v) is 4.61. The van der Waals surface area contributed by atoms with E-state index in [-0.39, 0.29) is 29.4 Å². The van der Waals surface area contributed by atoms with E-state index in [0.29, 0.717) is 22.6 Å². The molecule has 0 aliphatic carbocycles. The molecule has 34 heavy (non-hydrogen) atoms. The molecular formula is C22H19ClF3N5O2S. The molecule has 0 saturated carbocycles. The summed E-state index contributed by atoms with van der Waals surface area (Å²) in [6.45, 7) is 1.96. The van der Waals surface area contributed by atoms with Crippen molar-refractivity contribution in [1.29, 1.82) is 0 Å². The van der Waals surface area contributed by atoms with Crippen LogP contribution in [0.4, 0.5) is 13.2 Å². The van der Waals surface area contributed by atoms with E-state index in [4.69, 9.17) is 16.3 Å². The Hall–Kier alpha value is -3.18. The second-order valence-electron chi connectivity index (χ2n) is 7.36. The van der Waals surface area contributed by atoms with Crippen molar-refractivity contribution in [2.45, 2.75) is 32.4 Å². The van der Waals surface area contributed by atoms with Crippen molar-refractivity contribution in [3.63, 3.8) is 0 Å². The molecule has 1 aromatic carbocycles. The van der Waals surface area contributed by atoms with Crippen LogP contribution in [0.3, 0.4) is 0 Å². The van der Waals surface area contributed by atoms with E-state index in [9.17, 15) is 18.0 Å². The number of aromatic amines is 2. The molecule has 7 nitrogen and oxygen atoms in total. The lowest BCUT2D eigenvalue weighted by atomic mass is 10.0. The average Bonchev–Trinajstić information content (AvgIpc) is 3.48. The predicted octanol–water partition coefficient (Wildman–Crippen LogP) is 5.89. The highest BCUT2D eigenvalue weighted by Crippen LogP contribution is 2.37. The minimum Gasteiger partial charge on any atom is -0.494 e. The van der Waals surface area contributed by atoms with Gasteiger partial charge in [-0.05, 0) is 54.5 Å². The number of nitrogens with zero attached hydrogens (tertiary/aromatic N) is 3. The zero-order chi connectivity index (χ0) is 24.3. The number of aromatic nitrogens is 5. The molecule has 12 heteroatoms. The van der Waals surface area contributed by atoms with Crippen LogP contribution in [-0.4, -0.2) is 38.4 Å². The normalized spacial score (nSPS) is 11.7. The first-order valence-corrected chi connectivity index (χ1v) is 11.5. The maximum absolute atomic E-state index is 13.1. The Kier molecular flexibility index (Phi) is 7.03. The van der Waals surface area contributed by atoms with Crippen LogP contribution in [-0.2, 0) is 6.42 Å². The second kappa shape index (κ2) is 9.98. The van der Waals surface area contributed by atoms with Gasteiger partial charge in [0.1, 0.15) is 5.75 Å². The zero-order valence-electron chi connectivity index (χ0n) is 17.9. The number of benzene rings is 1. The Morgan fingerprint density at radius 1 is 1.15 bits per heavy atom. The van der Waals surface area contributed by atoms with Crippen molar-refractivity contribution in [3.05, 3.63) is 56.7 Å². The number of alkyl halides is 3. The van der Waals surface area contributed by atoms with E-state index < -0.39 is 18.2 Å². The van der Waals surface area contributed by atoms with Gasteiger partial charge in [0.05, 0.1) is 22.9 Å². The summed E-state index contributed by atoms with van der Waals surface area (Å²) in [5.74, 6) is 0.510. The summed E-state index contributed by atoms with van der Waals surface area (Å²) in [6.07, 6.45) is -4.44. The maximum atomic E-state index is 13.1. The number of pyridine rings is 1. The van der Waals surface area contributed by atoms with Gasteiger partial charge in [-0.1, -0.05) is 18.5 Å². The Morgan fingerprint density at radius 2 is 1.97 bits per heavy atom. The van der Waals surface area contributed by atoms with Crippen LogP contribution < -0.4 is 10.3 Å². The van der Waals surface area contributed by atoms with Crippen molar-refractivity contribution in [2.24, 2.45) is 0 Å². The van der Waals surface area contributed by atoms with Gasteiger partial charge in [-0.2, -0.15) is 18.4 Å². The van der Waals surface area contributed by atoms with Crippen LogP contribution >= 0.6 is 22.9 Å². The van der Waals surface area contributed by atoms with Crippen LogP contribution in [0.1, 0.15) is 24.6 Å². The van der Waals surface area contributed by atoms with Crippen LogP contribution in [0, 0.1) is 0 Å². The highest BCUT2D eigenvalue weighted by Gasteiger charge is 2.26. The molecule has 0 bridgehead atoms. The summed E-state index contributed by atoms with van der Waals surface area (Å²) < 4.78 is 42.3. The largest absolute Gasteiger partial charge is 0.494 e. The summed E-state index contributed by atoms with van der Waals surface area (Å²) in [6, 6.07) is 10.5. The Labute approximate surface area is 201 Å². The monoisotopic (exact) mass is 509 g/mol. The van der Waals surface area contributed by atoms with Gasteiger partial charge in [-0.25, -0.2) is 0 Å². The first kappa shape index (κ1) is 24.0. The molecule has 0 aliphatic heterocycles. The molecule has 0 fully saturated rings. The first-order valence-electron chi connectivity index (χ1n) is 10.3. The number of hydrogen-bond donors (Lipinski definition) is 2. The molecule has 0 radical (unpaired) electrons. The molecular weight excluding hydrogens is 491 g/mol. The lowest BCUT2D eigenvalue weighted by Crippen LogP contribution is -2.12. The Balaban J connectivity index is 1.67. The quantitative estimate of drug-likeness (QED) is 0.289. The minimum absolute atomic E-state index is 0.0896. The molecule has 3 aromatic heterocycles. The third kappa shape index (κ3) is 5.48. The van der Waals surface area contributed by atoms with Gasteiger partial charge in [-0.15, -0.1) is 21.5 Å². The summed E-state index contributed by atoms with van der Waals surface area (Å²) >= 11 is 8.00. The molecule has 0 aliphatic rings. The second-order valence-corrected chi connectivity index (χ2v) is 8.94. The molecule has 0 spiro atoms.